The number of rotatable bonds is 6. The molecule has 0 saturated carbocycles. The fourth-order valence-corrected chi connectivity index (χ4v) is 4.22. The van der Waals surface area contributed by atoms with E-state index < -0.39 is 0 Å². The number of nitrogens with one attached hydrogen (secondary N) is 2. The van der Waals surface area contributed by atoms with Crippen LogP contribution in [0.2, 0.25) is 0 Å². The molecule has 126 valence electrons. The smallest absolute Gasteiger partial charge is 0.226 e. The van der Waals surface area contributed by atoms with Crippen LogP contribution in [0.3, 0.4) is 0 Å². The highest BCUT2D eigenvalue weighted by molar-refractivity contribution is 7.16. The van der Waals surface area contributed by atoms with E-state index in [1.54, 1.807) is 17.6 Å². The predicted octanol–water partition coefficient (Wildman–Crippen LogP) is 3.60. The molecule has 5 nitrogen and oxygen atoms in total. The minimum absolute atomic E-state index is 0.0603. The Morgan fingerprint density at radius 1 is 1.33 bits per heavy atom. The second-order valence-corrected chi connectivity index (χ2v) is 7.04. The van der Waals surface area contributed by atoms with Gasteiger partial charge in [-0.3, -0.25) is 4.79 Å². The third-order valence-electron chi connectivity index (χ3n) is 4.19. The van der Waals surface area contributed by atoms with Gasteiger partial charge in [0, 0.05) is 17.8 Å². The Morgan fingerprint density at radius 2 is 2.21 bits per heavy atom. The average Bonchev–Trinajstić information content (AvgIpc) is 3.14. The second-order valence-electron chi connectivity index (χ2n) is 5.93. The molecule has 1 aliphatic carbocycles. The molecular formula is C18H21N3O2S. The van der Waals surface area contributed by atoms with Gasteiger partial charge >= 0.3 is 0 Å². The van der Waals surface area contributed by atoms with Gasteiger partial charge in [-0.1, -0.05) is 6.42 Å². The van der Waals surface area contributed by atoms with Crippen LogP contribution in [0.4, 0.5) is 5.00 Å². The highest BCUT2D eigenvalue weighted by atomic mass is 32.1. The lowest BCUT2D eigenvalue weighted by Gasteiger charge is -2.05. The number of anilines is 1. The van der Waals surface area contributed by atoms with Crippen molar-refractivity contribution in [1.82, 2.24) is 5.32 Å². The van der Waals surface area contributed by atoms with Gasteiger partial charge in [0.15, 0.2) is 0 Å². The molecule has 1 aliphatic rings. The van der Waals surface area contributed by atoms with Gasteiger partial charge in [-0.2, -0.15) is 5.26 Å². The van der Waals surface area contributed by atoms with Crippen molar-refractivity contribution in [3.63, 3.8) is 0 Å². The van der Waals surface area contributed by atoms with Crippen molar-refractivity contribution in [2.24, 2.45) is 0 Å². The van der Waals surface area contributed by atoms with Crippen LogP contribution in [0.1, 0.15) is 47.4 Å². The predicted molar refractivity (Wildman–Crippen MR) is 94.0 cm³/mol. The fourth-order valence-electron chi connectivity index (χ4n) is 2.96. The molecule has 2 N–H and O–H groups in total. The molecule has 1 amide bonds. The van der Waals surface area contributed by atoms with Gasteiger partial charge in [-0.05, 0) is 43.4 Å². The molecule has 2 aromatic rings. The number of aryl methyl sites for hydroxylation is 1. The zero-order valence-electron chi connectivity index (χ0n) is 13.6. The third-order valence-corrected chi connectivity index (χ3v) is 5.40. The van der Waals surface area contributed by atoms with Crippen LogP contribution >= 0.6 is 11.3 Å². The molecule has 2 aromatic heterocycles. The molecule has 6 heteroatoms. The van der Waals surface area contributed by atoms with Crippen LogP contribution < -0.4 is 10.6 Å². The lowest BCUT2D eigenvalue weighted by molar-refractivity contribution is -0.116. The lowest BCUT2D eigenvalue weighted by Crippen LogP contribution is -2.21. The van der Waals surface area contributed by atoms with Gasteiger partial charge in [-0.25, -0.2) is 0 Å². The zero-order chi connectivity index (χ0) is 16.8. The maximum absolute atomic E-state index is 12.1. The zero-order valence-corrected chi connectivity index (χ0v) is 14.4. The Labute approximate surface area is 145 Å². The molecule has 2 heterocycles. The Kier molecular flexibility index (Phi) is 5.68. The summed E-state index contributed by atoms with van der Waals surface area (Å²) in [6.07, 6.45) is 7.49. The summed E-state index contributed by atoms with van der Waals surface area (Å²) in [6, 6.07) is 6.03. The molecule has 0 atom stereocenters. The molecule has 0 aromatic carbocycles. The Morgan fingerprint density at radius 3 is 3.00 bits per heavy atom. The summed E-state index contributed by atoms with van der Waals surface area (Å²) in [4.78, 5) is 13.4. The van der Waals surface area contributed by atoms with Crippen LogP contribution in [0.15, 0.2) is 22.8 Å². The number of amides is 1. The van der Waals surface area contributed by atoms with E-state index in [0.29, 0.717) is 25.1 Å². The highest BCUT2D eigenvalue weighted by Gasteiger charge is 2.20. The Bertz CT molecular complexity index is 728. The maximum Gasteiger partial charge on any atom is 0.226 e. The number of carbonyl (C=O) groups is 1. The summed E-state index contributed by atoms with van der Waals surface area (Å²) in [5, 5.41) is 16.3. The molecule has 0 aliphatic heterocycles. The maximum atomic E-state index is 12.1. The van der Waals surface area contributed by atoms with Crippen molar-refractivity contribution in [2.75, 3.05) is 11.9 Å². The largest absolute Gasteiger partial charge is 0.468 e. The number of carbonyl (C=O) groups excluding carboxylic acids is 1. The number of thiophene rings is 1. The van der Waals surface area contributed by atoms with Gasteiger partial charge in [0.25, 0.3) is 0 Å². The number of hydrogen-bond acceptors (Lipinski definition) is 5. The number of furan rings is 1. The number of hydrogen-bond donors (Lipinski definition) is 2. The van der Waals surface area contributed by atoms with Crippen LogP contribution in [0.5, 0.6) is 0 Å². The van der Waals surface area contributed by atoms with Gasteiger partial charge in [0.05, 0.1) is 18.4 Å². The molecule has 3 rings (SSSR count). The molecular weight excluding hydrogens is 322 g/mol. The molecule has 0 spiro atoms. The van der Waals surface area contributed by atoms with Crippen molar-refractivity contribution >= 4 is 22.2 Å². The van der Waals surface area contributed by atoms with Crippen molar-refractivity contribution in [1.29, 1.82) is 5.26 Å². The number of nitriles is 1. The average molecular weight is 343 g/mol. The Hall–Kier alpha value is -2.10. The molecule has 0 fully saturated rings. The second kappa shape index (κ2) is 8.13. The van der Waals surface area contributed by atoms with Crippen molar-refractivity contribution in [3.8, 4) is 6.07 Å². The standard InChI is InChI=1S/C18H21N3O2S/c19-11-15-14-6-2-1-3-7-16(14)24-18(15)21-17(22)8-9-20-12-13-5-4-10-23-13/h4-5,10,20H,1-3,6-9,12H2,(H,21,22). The fraction of sp³-hybridized carbons (Fsp3) is 0.444. The minimum Gasteiger partial charge on any atom is -0.468 e. The molecule has 0 radical (unpaired) electrons. The Balaban J connectivity index is 1.53. The summed E-state index contributed by atoms with van der Waals surface area (Å²) in [7, 11) is 0. The molecule has 0 unspecified atom stereocenters. The van der Waals surface area contributed by atoms with Crippen molar-refractivity contribution in [3.05, 3.63) is 40.2 Å². The summed E-state index contributed by atoms with van der Waals surface area (Å²) in [5.74, 6) is 0.791. The summed E-state index contributed by atoms with van der Waals surface area (Å²) in [5.41, 5.74) is 1.83. The topological polar surface area (TPSA) is 78.1 Å². The summed E-state index contributed by atoms with van der Waals surface area (Å²) < 4.78 is 5.23. The van der Waals surface area contributed by atoms with Gasteiger partial charge in [-0.15, -0.1) is 11.3 Å². The third kappa shape index (κ3) is 4.05. The van der Waals surface area contributed by atoms with Gasteiger partial charge in [0.1, 0.15) is 16.8 Å². The van der Waals surface area contributed by atoms with Crippen LogP contribution in [-0.2, 0) is 24.2 Å². The molecule has 0 saturated heterocycles. The van der Waals surface area contributed by atoms with E-state index in [0.717, 1.165) is 35.6 Å². The van der Waals surface area contributed by atoms with E-state index in [1.807, 2.05) is 12.1 Å². The first-order valence-corrected chi connectivity index (χ1v) is 9.17. The normalized spacial score (nSPS) is 13.8. The van der Waals surface area contributed by atoms with E-state index in [9.17, 15) is 10.1 Å². The van der Waals surface area contributed by atoms with Gasteiger partial charge < -0.3 is 15.1 Å². The van der Waals surface area contributed by atoms with E-state index in [1.165, 1.54) is 17.7 Å². The number of nitrogens with zero attached hydrogens (tertiary/aromatic N) is 1. The summed E-state index contributed by atoms with van der Waals surface area (Å²) in [6.45, 7) is 1.18. The lowest BCUT2D eigenvalue weighted by atomic mass is 10.1. The monoisotopic (exact) mass is 343 g/mol. The quantitative estimate of drug-likeness (QED) is 0.620. The van der Waals surface area contributed by atoms with E-state index in [2.05, 4.69) is 16.7 Å². The SMILES string of the molecule is N#Cc1c(NC(=O)CCNCc2ccco2)sc2c1CCCCC2. The first-order valence-electron chi connectivity index (χ1n) is 8.35. The number of fused-ring (bicyclic) bond motifs is 1. The van der Waals surface area contributed by atoms with Crippen molar-refractivity contribution < 1.29 is 9.21 Å². The summed E-state index contributed by atoms with van der Waals surface area (Å²) >= 11 is 1.58. The van der Waals surface area contributed by atoms with Crippen LogP contribution in [0, 0.1) is 11.3 Å². The molecule has 0 bridgehead atoms. The van der Waals surface area contributed by atoms with E-state index in [4.69, 9.17) is 4.42 Å². The molecule has 24 heavy (non-hydrogen) atoms. The van der Waals surface area contributed by atoms with E-state index >= 15 is 0 Å². The van der Waals surface area contributed by atoms with Crippen molar-refractivity contribution in [2.45, 2.75) is 45.1 Å². The first kappa shape index (κ1) is 16.7. The first-order chi connectivity index (χ1) is 11.8. The van der Waals surface area contributed by atoms with Crippen LogP contribution in [0.25, 0.3) is 0 Å². The van der Waals surface area contributed by atoms with Crippen LogP contribution in [-0.4, -0.2) is 12.5 Å². The minimum atomic E-state index is -0.0603. The highest BCUT2D eigenvalue weighted by Crippen LogP contribution is 2.36. The van der Waals surface area contributed by atoms with E-state index in [-0.39, 0.29) is 5.91 Å². The van der Waals surface area contributed by atoms with Gasteiger partial charge in [0.2, 0.25) is 5.91 Å².